The second-order valence-corrected chi connectivity index (χ2v) is 3.66. The molecule has 0 heterocycles. The average molecular weight is 203 g/mol. The van der Waals surface area contributed by atoms with E-state index in [-0.39, 0.29) is 0 Å². The Morgan fingerprint density at radius 2 is 2.00 bits per heavy atom. The predicted octanol–water partition coefficient (Wildman–Crippen LogP) is 1.68. The second kappa shape index (κ2) is 11.0. The lowest BCUT2D eigenvalue weighted by molar-refractivity contribution is 0.0949. The molecule has 0 bridgehead atoms. The highest BCUT2D eigenvalue weighted by molar-refractivity contribution is 4.55. The Balaban J connectivity index is 3.02. The molecule has 0 radical (unpaired) electrons. The molecule has 0 aliphatic heterocycles. The fraction of sp³-hybridized carbons (Fsp3) is 1.00. The summed E-state index contributed by atoms with van der Waals surface area (Å²) in [6.07, 6.45) is 2.14. The SMILES string of the molecule is CCNCC(C)CCOCCCOC. The third-order valence-corrected chi connectivity index (χ3v) is 2.13. The molecule has 0 aromatic rings. The van der Waals surface area contributed by atoms with E-state index in [0.29, 0.717) is 5.92 Å². The molecule has 0 aliphatic rings. The van der Waals surface area contributed by atoms with Crippen LogP contribution in [0.5, 0.6) is 0 Å². The van der Waals surface area contributed by atoms with E-state index in [1.165, 1.54) is 0 Å². The lowest BCUT2D eigenvalue weighted by atomic mass is 10.1. The summed E-state index contributed by atoms with van der Waals surface area (Å²) in [5, 5.41) is 3.33. The van der Waals surface area contributed by atoms with Crippen LogP contribution in [0.2, 0.25) is 0 Å². The van der Waals surface area contributed by atoms with E-state index >= 15 is 0 Å². The van der Waals surface area contributed by atoms with Crippen LogP contribution in [0.25, 0.3) is 0 Å². The minimum absolute atomic E-state index is 0.706. The number of rotatable bonds is 10. The molecule has 1 unspecified atom stereocenters. The van der Waals surface area contributed by atoms with Gasteiger partial charge in [-0.2, -0.15) is 0 Å². The van der Waals surface area contributed by atoms with Crippen LogP contribution in [0.15, 0.2) is 0 Å². The molecule has 86 valence electrons. The zero-order chi connectivity index (χ0) is 10.6. The Kier molecular flexibility index (Phi) is 10.9. The topological polar surface area (TPSA) is 30.5 Å². The Morgan fingerprint density at radius 3 is 2.64 bits per heavy atom. The molecule has 0 saturated carbocycles. The molecule has 0 fully saturated rings. The van der Waals surface area contributed by atoms with Gasteiger partial charge in [0.05, 0.1) is 0 Å². The maximum Gasteiger partial charge on any atom is 0.0487 e. The van der Waals surface area contributed by atoms with Gasteiger partial charge in [0.1, 0.15) is 0 Å². The smallest absolute Gasteiger partial charge is 0.0487 e. The van der Waals surface area contributed by atoms with Crippen LogP contribution >= 0.6 is 0 Å². The van der Waals surface area contributed by atoms with E-state index in [1.807, 2.05) is 0 Å². The van der Waals surface area contributed by atoms with E-state index in [9.17, 15) is 0 Å². The molecule has 14 heavy (non-hydrogen) atoms. The predicted molar refractivity (Wildman–Crippen MR) is 59.6 cm³/mol. The maximum atomic E-state index is 5.48. The minimum Gasteiger partial charge on any atom is -0.385 e. The molecular weight excluding hydrogens is 178 g/mol. The summed E-state index contributed by atoms with van der Waals surface area (Å²) in [6.45, 7) is 9.02. The van der Waals surface area contributed by atoms with Crippen LogP contribution in [0, 0.1) is 5.92 Å². The highest BCUT2D eigenvalue weighted by Crippen LogP contribution is 2.00. The standard InChI is InChI=1S/C11H25NO2/c1-4-12-10-11(2)6-9-14-8-5-7-13-3/h11-12H,4-10H2,1-3H3. The minimum atomic E-state index is 0.706. The summed E-state index contributed by atoms with van der Waals surface area (Å²) in [6, 6.07) is 0. The molecule has 0 aromatic heterocycles. The summed E-state index contributed by atoms with van der Waals surface area (Å²) in [4.78, 5) is 0. The number of ether oxygens (including phenoxy) is 2. The van der Waals surface area contributed by atoms with E-state index in [2.05, 4.69) is 19.2 Å². The average Bonchev–Trinajstić information content (AvgIpc) is 2.20. The van der Waals surface area contributed by atoms with Crippen molar-refractivity contribution in [2.24, 2.45) is 5.92 Å². The molecule has 1 atom stereocenters. The van der Waals surface area contributed by atoms with E-state index in [4.69, 9.17) is 9.47 Å². The molecule has 3 nitrogen and oxygen atoms in total. The normalized spacial score (nSPS) is 13.1. The summed E-state index contributed by atoms with van der Waals surface area (Å²) in [5.41, 5.74) is 0. The number of methoxy groups -OCH3 is 1. The molecule has 0 aliphatic carbocycles. The first-order valence-electron chi connectivity index (χ1n) is 5.58. The fourth-order valence-electron chi connectivity index (χ4n) is 1.18. The lowest BCUT2D eigenvalue weighted by Gasteiger charge is -2.11. The Hall–Kier alpha value is -0.120. The molecule has 0 saturated heterocycles. The van der Waals surface area contributed by atoms with E-state index < -0.39 is 0 Å². The van der Waals surface area contributed by atoms with Crippen molar-refractivity contribution in [2.75, 3.05) is 40.0 Å². The molecule has 0 aromatic carbocycles. The first-order valence-corrected chi connectivity index (χ1v) is 5.58. The van der Waals surface area contributed by atoms with Crippen LogP contribution in [-0.2, 0) is 9.47 Å². The van der Waals surface area contributed by atoms with Gasteiger partial charge >= 0.3 is 0 Å². The summed E-state index contributed by atoms with van der Waals surface area (Å²) in [7, 11) is 1.72. The Morgan fingerprint density at radius 1 is 1.21 bits per heavy atom. The van der Waals surface area contributed by atoms with E-state index in [1.54, 1.807) is 7.11 Å². The quantitative estimate of drug-likeness (QED) is 0.548. The highest BCUT2D eigenvalue weighted by atomic mass is 16.5. The number of hydrogen-bond acceptors (Lipinski definition) is 3. The highest BCUT2D eigenvalue weighted by Gasteiger charge is 2.00. The molecule has 3 heteroatoms. The van der Waals surface area contributed by atoms with Crippen molar-refractivity contribution < 1.29 is 9.47 Å². The van der Waals surface area contributed by atoms with Gasteiger partial charge in [0.2, 0.25) is 0 Å². The maximum absolute atomic E-state index is 5.48. The van der Waals surface area contributed by atoms with Gasteiger partial charge in [-0.1, -0.05) is 13.8 Å². The first-order chi connectivity index (χ1) is 6.81. The van der Waals surface area contributed by atoms with Crippen molar-refractivity contribution in [3.05, 3.63) is 0 Å². The second-order valence-electron chi connectivity index (χ2n) is 3.66. The van der Waals surface area contributed by atoms with Crippen LogP contribution in [-0.4, -0.2) is 40.0 Å². The van der Waals surface area contributed by atoms with Crippen molar-refractivity contribution in [2.45, 2.75) is 26.7 Å². The molecule has 1 N–H and O–H groups in total. The molecule has 0 spiro atoms. The van der Waals surface area contributed by atoms with Gasteiger partial charge in [0, 0.05) is 26.9 Å². The Labute approximate surface area is 88.2 Å². The van der Waals surface area contributed by atoms with Crippen molar-refractivity contribution in [3.8, 4) is 0 Å². The lowest BCUT2D eigenvalue weighted by Crippen LogP contribution is -2.21. The van der Waals surface area contributed by atoms with Crippen LogP contribution in [0.3, 0.4) is 0 Å². The first kappa shape index (κ1) is 13.9. The van der Waals surface area contributed by atoms with Gasteiger partial charge < -0.3 is 14.8 Å². The summed E-state index contributed by atoms with van der Waals surface area (Å²) < 4.78 is 10.4. The largest absolute Gasteiger partial charge is 0.385 e. The van der Waals surface area contributed by atoms with Gasteiger partial charge in [-0.15, -0.1) is 0 Å². The van der Waals surface area contributed by atoms with Gasteiger partial charge in [-0.25, -0.2) is 0 Å². The molecule has 0 amide bonds. The van der Waals surface area contributed by atoms with Crippen molar-refractivity contribution in [1.82, 2.24) is 5.32 Å². The fourth-order valence-corrected chi connectivity index (χ4v) is 1.18. The van der Waals surface area contributed by atoms with Crippen molar-refractivity contribution in [3.63, 3.8) is 0 Å². The third kappa shape index (κ3) is 9.96. The molecular formula is C11H25NO2. The van der Waals surface area contributed by atoms with Gasteiger partial charge in [0.25, 0.3) is 0 Å². The van der Waals surface area contributed by atoms with Crippen LogP contribution in [0.4, 0.5) is 0 Å². The number of nitrogens with one attached hydrogen (secondary N) is 1. The monoisotopic (exact) mass is 203 g/mol. The van der Waals surface area contributed by atoms with Gasteiger partial charge in [0.15, 0.2) is 0 Å². The van der Waals surface area contributed by atoms with Gasteiger partial charge in [-0.05, 0) is 31.8 Å². The third-order valence-electron chi connectivity index (χ3n) is 2.13. The van der Waals surface area contributed by atoms with Crippen LogP contribution in [0.1, 0.15) is 26.7 Å². The summed E-state index contributed by atoms with van der Waals surface area (Å²) in [5.74, 6) is 0.706. The van der Waals surface area contributed by atoms with Gasteiger partial charge in [-0.3, -0.25) is 0 Å². The zero-order valence-corrected chi connectivity index (χ0v) is 9.84. The molecule has 0 rings (SSSR count). The Bertz CT molecular complexity index is 109. The van der Waals surface area contributed by atoms with Crippen LogP contribution < -0.4 is 5.32 Å². The zero-order valence-electron chi connectivity index (χ0n) is 9.84. The van der Waals surface area contributed by atoms with Crippen molar-refractivity contribution in [1.29, 1.82) is 0 Å². The van der Waals surface area contributed by atoms with Crippen molar-refractivity contribution >= 4 is 0 Å². The number of hydrogen-bond donors (Lipinski definition) is 1. The summed E-state index contributed by atoms with van der Waals surface area (Å²) >= 11 is 0. The van der Waals surface area contributed by atoms with E-state index in [0.717, 1.165) is 45.8 Å².